The van der Waals surface area contributed by atoms with Gasteiger partial charge in [-0.05, 0) is 25.2 Å². The third-order valence-electron chi connectivity index (χ3n) is 5.44. The van der Waals surface area contributed by atoms with E-state index in [2.05, 4.69) is 20.9 Å². The molecule has 0 aliphatic rings. The molecule has 0 aromatic heterocycles. The van der Waals surface area contributed by atoms with Crippen LogP contribution in [0, 0.1) is 5.92 Å². The van der Waals surface area contributed by atoms with Gasteiger partial charge in [-0.2, -0.15) is 0 Å². The van der Waals surface area contributed by atoms with Crippen LogP contribution >= 0.6 is 0 Å². The van der Waals surface area contributed by atoms with Crippen LogP contribution in [0.4, 0.5) is 0 Å². The van der Waals surface area contributed by atoms with Crippen molar-refractivity contribution in [3.63, 3.8) is 0 Å². The number of hydrogen-bond acceptors (Lipinski definition) is 8. The average molecular weight is 531 g/mol. The number of hydrogen-bond donors (Lipinski definition) is 9. The lowest BCUT2D eigenvalue weighted by Crippen LogP contribution is -2.57. The summed E-state index contributed by atoms with van der Waals surface area (Å²) in [5.74, 6) is -6.70. The lowest BCUT2D eigenvalue weighted by molar-refractivity contribution is -0.147. The quantitative estimate of drug-likeness (QED) is 0.0480. The Morgan fingerprint density at radius 3 is 1.81 bits per heavy atom. The van der Waals surface area contributed by atoms with Gasteiger partial charge in [-0.1, -0.05) is 20.3 Å². The summed E-state index contributed by atoms with van der Waals surface area (Å²) < 4.78 is 0. The first kappa shape index (κ1) is 33.0. The lowest BCUT2D eigenvalue weighted by Gasteiger charge is -2.26. The minimum Gasteiger partial charge on any atom is -0.481 e. The Morgan fingerprint density at radius 2 is 1.35 bits per heavy atom. The third kappa shape index (κ3) is 13.6. The van der Waals surface area contributed by atoms with Crippen LogP contribution in [0.5, 0.6) is 0 Å². The number of carbonyl (C=O) groups excluding carboxylic acids is 4. The van der Waals surface area contributed by atoms with Crippen LogP contribution in [0.2, 0.25) is 0 Å². The highest BCUT2D eigenvalue weighted by Crippen LogP contribution is 2.08. The first-order chi connectivity index (χ1) is 17.2. The van der Waals surface area contributed by atoms with Gasteiger partial charge in [0.15, 0.2) is 5.96 Å². The van der Waals surface area contributed by atoms with E-state index in [0.717, 1.165) is 0 Å². The molecule has 0 bridgehead atoms. The Balaban J connectivity index is 5.76. The number of carboxylic acids is 2. The van der Waals surface area contributed by atoms with E-state index in [1.54, 1.807) is 6.92 Å². The zero-order valence-electron chi connectivity index (χ0n) is 20.9. The van der Waals surface area contributed by atoms with Gasteiger partial charge < -0.3 is 49.1 Å². The second-order valence-corrected chi connectivity index (χ2v) is 8.48. The third-order valence-corrected chi connectivity index (χ3v) is 5.44. The molecule has 5 unspecified atom stereocenters. The topological polar surface area (TPSA) is 295 Å². The fourth-order valence-corrected chi connectivity index (χ4v) is 3.03. The van der Waals surface area contributed by atoms with E-state index >= 15 is 0 Å². The molecule has 5 atom stereocenters. The normalized spacial score (nSPS) is 14.7. The van der Waals surface area contributed by atoms with Crippen LogP contribution in [0.15, 0.2) is 4.99 Å². The molecular formula is C21H38N8O8. The van der Waals surface area contributed by atoms with Crippen LogP contribution in [-0.2, 0) is 28.8 Å². The van der Waals surface area contributed by atoms with Gasteiger partial charge in [-0.15, -0.1) is 0 Å². The number of nitrogens with two attached hydrogens (primary N) is 4. The molecular weight excluding hydrogens is 492 g/mol. The monoisotopic (exact) mass is 530 g/mol. The molecule has 0 spiro atoms. The van der Waals surface area contributed by atoms with Gasteiger partial charge in [0.25, 0.3) is 0 Å². The molecule has 0 heterocycles. The zero-order valence-corrected chi connectivity index (χ0v) is 20.9. The van der Waals surface area contributed by atoms with Gasteiger partial charge in [0.1, 0.15) is 18.1 Å². The Bertz CT molecular complexity index is 861. The number of amides is 4. The fourth-order valence-electron chi connectivity index (χ4n) is 3.03. The molecule has 210 valence electrons. The predicted octanol–water partition coefficient (Wildman–Crippen LogP) is -3.31. The van der Waals surface area contributed by atoms with E-state index in [4.69, 9.17) is 28.0 Å². The summed E-state index contributed by atoms with van der Waals surface area (Å²) in [7, 11) is 0. The fraction of sp³-hybridized carbons (Fsp3) is 0.667. The van der Waals surface area contributed by atoms with Crippen LogP contribution < -0.4 is 38.9 Å². The molecule has 4 amide bonds. The average Bonchev–Trinajstić information content (AvgIpc) is 2.80. The molecule has 16 heteroatoms. The Kier molecular flexibility index (Phi) is 14.9. The molecule has 0 rings (SSSR count). The largest absolute Gasteiger partial charge is 0.481 e. The molecule has 0 saturated heterocycles. The number of guanidine groups is 1. The van der Waals surface area contributed by atoms with Crippen molar-refractivity contribution in [2.24, 2.45) is 33.8 Å². The number of nitrogens with one attached hydrogen (secondary N) is 3. The van der Waals surface area contributed by atoms with Gasteiger partial charge in [-0.3, -0.25) is 29.0 Å². The van der Waals surface area contributed by atoms with Crippen molar-refractivity contribution >= 4 is 41.5 Å². The highest BCUT2D eigenvalue weighted by molar-refractivity contribution is 5.95. The minimum absolute atomic E-state index is 0.0728. The van der Waals surface area contributed by atoms with E-state index in [9.17, 15) is 33.9 Å². The number of primary amides is 1. The summed E-state index contributed by atoms with van der Waals surface area (Å²) in [4.78, 5) is 75.7. The number of carbonyl (C=O) groups is 6. The Hall–Kier alpha value is -3.95. The molecule has 0 radical (unpaired) electrons. The first-order valence-corrected chi connectivity index (χ1v) is 11.6. The first-order valence-electron chi connectivity index (χ1n) is 11.6. The van der Waals surface area contributed by atoms with Crippen molar-refractivity contribution in [2.75, 3.05) is 6.54 Å². The van der Waals surface area contributed by atoms with E-state index < -0.39 is 66.2 Å². The summed E-state index contributed by atoms with van der Waals surface area (Å²) in [6, 6.07) is -5.35. The van der Waals surface area contributed by atoms with E-state index in [-0.39, 0.29) is 44.1 Å². The van der Waals surface area contributed by atoms with E-state index in [1.165, 1.54) is 0 Å². The van der Waals surface area contributed by atoms with Crippen molar-refractivity contribution in [3.05, 3.63) is 0 Å². The van der Waals surface area contributed by atoms with Crippen molar-refractivity contribution in [3.8, 4) is 0 Å². The Labute approximate surface area is 214 Å². The van der Waals surface area contributed by atoms with Crippen molar-refractivity contribution in [1.29, 1.82) is 0 Å². The summed E-state index contributed by atoms with van der Waals surface area (Å²) in [5.41, 5.74) is 21.6. The van der Waals surface area contributed by atoms with Crippen LogP contribution in [0.1, 0.15) is 52.4 Å². The maximum atomic E-state index is 13.0. The molecule has 0 aliphatic carbocycles. The van der Waals surface area contributed by atoms with Crippen molar-refractivity contribution < 1.29 is 39.0 Å². The molecule has 13 N–H and O–H groups in total. The van der Waals surface area contributed by atoms with Gasteiger partial charge in [0, 0.05) is 13.0 Å². The molecule has 37 heavy (non-hydrogen) atoms. The number of rotatable bonds is 18. The second kappa shape index (κ2) is 16.7. The van der Waals surface area contributed by atoms with E-state index in [0.29, 0.717) is 6.42 Å². The van der Waals surface area contributed by atoms with Gasteiger partial charge in [-0.25, -0.2) is 4.79 Å². The highest BCUT2D eigenvalue weighted by atomic mass is 16.4. The SMILES string of the molecule is CCC(C)C(N)C(=O)NC(CCC(N)=O)C(=O)NC(CCCN=C(N)N)C(=O)NC(CC(=O)O)C(=O)O. The number of aliphatic carboxylic acids is 2. The molecule has 0 saturated carbocycles. The number of aliphatic imine (C=N–C) groups is 1. The number of carboxylic acid groups (broad SMARTS) is 2. The molecule has 0 aromatic carbocycles. The predicted molar refractivity (Wildman–Crippen MR) is 131 cm³/mol. The van der Waals surface area contributed by atoms with Crippen LogP contribution in [-0.4, -0.2) is 82.5 Å². The standard InChI is InChI=1S/C21H38N8O8/c1-3-10(2)16(23)19(35)28-12(6-7-14(22)30)18(34)27-11(5-4-8-26-21(24)25)17(33)29-13(20(36)37)9-15(31)32/h10-13,16H,3-9,23H2,1-2H3,(H2,22,30)(H,27,34)(H,28,35)(H,29,33)(H,31,32)(H,36,37)(H4,24,25,26). The summed E-state index contributed by atoms with van der Waals surface area (Å²) in [6.07, 6.45) is -0.676. The number of nitrogens with zero attached hydrogens (tertiary/aromatic N) is 1. The van der Waals surface area contributed by atoms with Crippen molar-refractivity contribution in [2.45, 2.75) is 76.5 Å². The molecule has 0 aromatic rings. The summed E-state index contributed by atoms with van der Waals surface area (Å²) in [6.45, 7) is 3.65. The van der Waals surface area contributed by atoms with Crippen LogP contribution in [0.3, 0.4) is 0 Å². The molecule has 0 fully saturated rings. The minimum atomic E-state index is -1.76. The lowest BCUT2D eigenvalue weighted by atomic mass is 9.98. The maximum Gasteiger partial charge on any atom is 0.326 e. The zero-order chi connectivity index (χ0) is 28.7. The van der Waals surface area contributed by atoms with Gasteiger partial charge >= 0.3 is 11.9 Å². The second-order valence-electron chi connectivity index (χ2n) is 8.48. The van der Waals surface area contributed by atoms with Gasteiger partial charge in [0.05, 0.1) is 12.5 Å². The maximum absolute atomic E-state index is 13.0. The Morgan fingerprint density at radius 1 is 0.838 bits per heavy atom. The van der Waals surface area contributed by atoms with E-state index in [1.807, 2.05) is 6.92 Å². The van der Waals surface area contributed by atoms with Crippen molar-refractivity contribution in [1.82, 2.24) is 16.0 Å². The van der Waals surface area contributed by atoms with Gasteiger partial charge in [0.2, 0.25) is 23.6 Å². The summed E-state index contributed by atoms with van der Waals surface area (Å²) in [5, 5.41) is 25.1. The van der Waals surface area contributed by atoms with Crippen LogP contribution in [0.25, 0.3) is 0 Å². The highest BCUT2D eigenvalue weighted by Gasteiger charge is 2.31. The summed E-state index contributed by atoms with van der Waals surface area (Å²) >= 11 is 0. The molecule has 0 aliphatic heterocycles. The molecule has 16 nitrogen and oxygen atoms in total. The smallest absolute Gasteiger partial charge is 0.326 e.